The lowest BCUT2D eigenvalue weighted by Gasteiger charge is -2.26. The number of carbonyl (C=O) groups is 3. The smallest absolute Gasteiger partial charge is 0.335 e. The van der Waals surface area contributed by atoms with Crippen LogP contribution in [0.1, 0.15) is 5.56 Å². The molecule has 1 aliphatic heterocycles. The molecular weight excluding hydrogens is 412 g/mol. The maximum Gasteiger partial charge on any atom is 0.335 e. The number of phenolic OH excluding ortho intramolecular Hbond substituents is 1. The summed E-state index contributed by atoms with van der Waals surface area (Å²) in [7, 11) is 0. The van der Waals surface area contributed by atoms with E-state index in [1.807, 2.05) is 0 Å². The van der Waals surface area contributed by atoms with Crippen molar-refractivity contribution in [2.45, 2.75) is 0 Å². The van der Waals surface area contributed by atoms with Crippen molar-refractivity contribution < 1.29 is 19.5 Å². The Bertz CT molecular complexity index is 942. The number of carbonyl (C=O) groups excluding carboxylic acids is 3. The van der Waals surface area contributed by atoms with Crippen LogP contribution in [0.2, 0.25) is 5.02 Å². The van der Waals surface area contributed by atoms with Gasteiger partial charge in [0, 0.05) is 4.47 Å². The fourth-order valence-corrected chi connectivity index (χ4v) is 2.86. The molecular formula is C17H10BrClN2O4. The molecule has 8 heteroatoms. The molecule has 25 heavy (non-hydrogen) atoms. The van der Waals surface area contributed by atoms with Crippen molar-refractivity contribution in [3.8, 4) is 5.75 Å². The number of halogens is 2. The van der Waals surface area contributed by atoms with Crippen molar-refractivity contribution in [2.24, 2.45) is 0 Å². The summed E-state index contributed by atoms with van der Waals surface area (Å²) in [6, 6.07) is 10.00. The molecule has 1 saturated heterocycles. The van der Waals surface area contributed by atoms with Crippen molar-refractivity contribution >= 4 is 57.1 Å². The van der Waals surface area contributed by atoms with E-state index in [0.29, 0.717) is 15.7 Å². The molecule has 1 fully saturated rings. The molecule has 2 aromatic rings. The average Bonchev–Trinajstić information content (AvgIpc) is 2.54. The lowest BCUT2D eigenvalue weighted by Crippen LogP contribution is -2.54. The van der Waals surface area contributed by atoms with E-state index >= 15 is 0 Å². The number of imide groups is 2. The summed E-state index contributed by atoms with van der Waals surface area (Å²) in [4.78, 5) is 37.7. The third-order valence-electron chi connectivity index (χ3n) is 3.45. The van der Waals surface area contributed by atoms with Crippen LogP contribution in [0.4, 0.5) is 10.5 Å². The number of amides is 4. The molecule has 2 aromatic carbocycles. The molecule has 0 atom stereocenters. The maximum absolute atomic E-state index is 12.7. The summed E-state index contributed by atoms with van der Waals surface area (Å²) in [6.07, 6.45) is 1.31. The first-order chi connectivity index (χ1) is 11.9. The second-order valence-electron chi connectivity index (χ2n) is 5.15. The minimum absolute atomic E-state index is 0.0814. The fraction of sp³-hybridized carbons (Fsp3) is 0. The first kappa shape index (κ1) is 17.2. The first-order valence-electron chi connectivity index (χ1n) is 7.02. The van der Waals surface area contributed by atoms with Crippen molar-refractivity contribution in [2.75, 3.05) is 4.90 Å². The van der Waals surface area contributed by atoms with Crippen LogP contribution in [0.3, 0.4) is 0 Å². The van der Waals surface area contributed by atoms with Gasteiger partial charge in [0.1, 0.15) is 11.3 Å². The molecule has 4 amide bonds. The van der Waals surface area contributed by atoms with Crippen molar-refractivity contribution in [1.82, 2.24) is 5.32 Å². The highest BCUT2D eigenvalue weighted by molar-refractivity contribution is 9.10. The van der Waals surface area contributed by atoms with Crippen LogP contribution in [-0.4, -0.2) is 23.0 Å². The predicted octanol–water partition coefficient (Wildman–Crippen LogP) is 3.47. The lowest BCUT2D eigenvalue weighted by molar-refractivity contribution is -0.122. The van der Waals surface area contributed by atoms with Gasteiger partial charge in [-0.25, -0.2) is 9.69 Å². The van der Waals surface area contributed by atoms with E-state index in [2.05, 4.69) is 21.2 Å². The monoisotopic (exact) mass is 420 g/mol. The van der Waals surface area contributed by atoms with Gasteiger partial charge in [0.25, 0.3) is 11.8 Å². The molecule has 1 aliphatic rings. The number of urea groups is 1. The number of nitrogens with zero attached hydrogens (tertiary/aromatic N) is 1. The second-order valence-corrected chi connectivity index (χ2v) is 6.47. The highest BCUT2D eigenvalue weighted by atomic mass is 79.9. The topological polar surface area (TPSA) is 86.7 Å². The Morgan fingerprint density at radius 3 is 2.56 bits per heavy atom. The van der Waals surface area contributed by atoms with Crippen molar-refractivity contribution in [1.29, 1.82) is 0 Å². The molecule has 6 nitrogen and oxygen atoms in total. The Labute approximate surface area is 155 Å². The highest BCUT2D eigenvalue weighted by Gasteiger charge is 2.36. The molecule has 2 N–H and O–H groups in total. The van der Waals surface area contributed by atoms with Crippen LogP contribution in [0.25, 0.3) is 6.08 Å². The van der Waals surface area contributed by atoms with Gasteiger partial charge in [0.2, 0.25) is 0 Å². The Hall–Kier alpha value is -2.64. The first-order valence-corrected chi connectivity index (χ1v) is 8.19. The van der Waals surface area contributed by atoms with E-state index in [1.54, 1.807) is 24.3 Å². The molecule has 0 unspecified atom stereocenters. The molecule has 0 saturated carbocycles. The Balaban J connectivity index is 2.03. The minimum Gasteiger partial charge on any atom is -0.506 e. The van der Waals surface area contributed by atoms with E-state index in [1.165, 1.54) is 24.3 Å². The zero-order valence-electron chi connectivity index (χ0n) is 12.5. The van der Waals surface area contributed by atoms with Gasteiger partial charge in [0.05, 0.1) is 10.7 Å². The van der Waals surface area contributed by atoms with Gasteiger partial charge < -0.3 is 5.11 Å². The quantitative estimate of drug-likeness (QED) is 0.574. The Morgan fingerprint density at radius 1 is 1.12 bits per heavy atom. The highest BCUT2D eigenvalue weighted by Crippen LogP contribution is 2.27. The number of benzene rings is 2. The van der Waals surface area contributed by atoms with Gasteiger partial charge in [-0.15, -0.1) is 0 Å². The zero-order chi connectivity index (χ0) is 18.1. The summed E-state index contributed by atoms with van der Waals surface area (Å²) in [5.74, 6) is -1.67. The third kappa shape index (κ3) is 3.42. The van der Waals surface area contributed by atoms with Gasteiger partial charge in [-0.2, -0.15) is 0 Å². The van der Waals surface area contributed by atoms with Gasteiger partial charge in [-0.1, -0.05) is 39.7 Å². The lowest BCUT2D eigenvalue weighted by atomic mass is 10.1. The van der Waals surface area contributed by atoms with E-state index in [9.17, 15) is 19.5 Å². The number of anilines is 1. The SMILES string of the molecule is O=C1NC(=O)N(c2cccc(Br)c2)C(=O)/C1=C/c1ccc(O)c(Cl)c1. The van der Waals surface area contributed by atoms with Gasteiger partial charge in [-0.3, -0.25) is 14.9 Å². The van der Waals surface area contributed by atoms with Gasteiger partial charge in [0.15, 0.2) is 0 Å². The summed E-state index contributed by atoms with van der Waals surface area (Å²) in [5.41, 5.74) is 0.533. The number of hydrogen-bond donors (Lipinski definition) is 2. The molecule has 0 bridgehead atoms. The average molecular weight is 422 g/mol. The number of phenols is 1. The molecule has 0 spiro atoms. The van der Waals surface area contributed by atoms with Crippen molar-refractivity contribution in [3.05, 3.63) is 63.1 Å². The molecule has 126 valence electrons. The van der Waals surface area contributed by atoms with Crippen LogP contribution in [0, 0.1) is 0 Å². The second kappa shape index (κ2) is 6.70. The van der Waals surface area contributed by atoms with Crippen LogP contribution in [0.15, 0.2) is 52.5 Å². The molecule has 0 aromatic heterocycles. The zero-order valence-corrected chi connectivity index (χ0v) is 14.8. The summed E-state index contributed by atoms with van der Waals surface area (Å²) >= 11 is 9.11. The predicted molar refractivity (Wildman–Crippen MR) is 96.3 cm³/mol. The van der Waals surface area contributed by atoms with E-state index in [-0.39, 0.29) is 16.3 Å². The van der Waals surface area contributed by atoms with Crippen LogP contribution in [-0.2, 0) is 9.59 Å². The summed E-state index contributed by atoms with van der Waals surface area (Å²) in [5, 5.41) is 11.7. The van der Waals surface area contributed by atoms with E-state index in [0.717, 1.165) is 4.90 Å². The van der Waals surface area contributed by atoms with Gasteiger partial charge in [-0.05, 0) is 42.0 Å². The Kier molecular flexibility index (Phi) is 4.61. The number of barbiturate groups is 1. The Morgan fingerprint density at radius 2 is 1.88 bits per heavy atom. The van der Waals surface area contributed by atoms with Crippen LogP contribution in [0.5, 0.6) is 5.75 Å². The minimum atomic E-state index is -0.825. The molecule has 3 rings (SSSR count). The van der Waals surface area contributed by atoms with Crippen LogP contribution >= 0.6 is 27.5 Å². The molecule has 0 aliphatic carbocycles. The summed E-state index contributed by atoms with van der Waals surface area (Å²) < 4.78 is 0.679. The largest absolute Gasteiger partial charge is 0.506 e. The molecule has 0 radical (unpaired) electrons. The normalized spacial score (nSPS) is 16.3. The number of hydrogen-bond acceptors (Lipinski definition) is 4. The molecule has 1 heterocycles. The number of nitrogens with one attached hydrogen (secondary N) is 1. The summed E-state index contributed by atoms with van der Waals surface area (Å²) in [6.45, 7) is 0. The maximum atomic E-state index is 12.7. The number of rotatable bonds is 2. The van der Waals surface area contributed by atoms with Crippen LogP contribution < -0.4 is 10.2 Å². The number of aromatic hydroxyl groups is 1. The third-order valence-corrected chi connectivity index (χ3v) is 4.25. The standard InChI is InChI=1S/C17H10BrClN2O4/c18-10-2-1-3-11(8-10)21-16(24)12(15(23)20-17(21)25)6-9-4-5-14(22)13(19)7-9/h1-8,22H,(H,20,23,25)/b12-6+. The fourth-order valence-electron chi connectivity index (χ4n) is 2.29. The van der Waals surface area contributed by atoms with E-state index in [4.69, 9.17) is 11.6 Å². The van der Waals surface area contributed by atoms with E-state index < -0.39 is 17.8 Å². The van der Waals surface area contributed by atoms with Crippen molar-refractivity contribution in [3.63, 3.8) is 0 Å². The van der Waals surface area contributed by atoms with Gasteiger partial charge >= 0.3 is 6.03 Å².